The Morgan fingerprint density at radius 1 is 0.903 bits per heavy atom. The number of thiazole rings is 1. The molecule has 0 fully saturated rings. The molecule has 0 radical (unpaired) electrons. The molecule has 150 valence electrons. The van der Waals surface area contributed by atoms with Gasteiger partial charge in [0, 0.05) is 6.08 Å². The Labute approximate surface area is 181 Å². The van der Waals surface area contributed by atoms with E-state index in [0.717, 1.165) is 22.2 Å². The maximum absolute atomic E-state index is 12.8. The van der Waals surface area contributed by atoms with Crippen molar-refractivity contribution in [3.63, 3.8) is 0 Å². The first-order chi connectivity index (χ1) is 15.2. The summed E-state index contributed by atoms with van der Waals surface area (Å²) in [6.45, 7) is 0. The van der Waals surface area contributed by atoms with Crippen molar-refractivity contribution >= 4 is 45.5 Å². The summed E-state index contributed by atoms with van der Waals surface area (Å²) in [6, 6.07) is 24.2. The van der Waals surface area contributed by atoms with Crippen LogP contribution in [0.2, 0.25) is 0 Å². The molecule has 5 rings (SSSR count). The van der Waals surface area contributed by atoms with E-state index in [1.165, 1.54) is 17.4 Å². The van der Waals surface area contributed by atoms with Crippen molar-refractivity contribution in [1.82, 2.24) is 9.38 Å². The molecule has 0 unspecified atom stereocenters. The van der Waals surface area contributed by atoms with Gasteiger partial charge in [0.05, 0.1) is 15.6 Å². The van der Waals surface area contributed by atoms with Crippen LogP contribution in [-0.4, -0.2) is 15.4 Å². The second-order valence-corrected chi connectivity index (χ2v) is 7.88. The summed E-state index contributed by atoms with van der Waals surface area (Å²) in [6.07, 6.45) is 4.92. The van der Waals surface area contributed by atoms with Crippen molar-refractivity contribution in [3.05, 3.63) is 111 Å². The monoisotopic (exact) mass is 424 g/mol. The minimum atomic E-state index is -0.450. The molecule has 5 aromatic rings. The highest BCUT2D eigenvalue weighted by molar-refractivity contribution is 7.15. The number of esters is 1. The molecule has 0 aliphatic rings. The van der Waals surface area contributed by atoms with Gasteiger partial charge in [-0.25, -0.2) is 14.2 Å². The topological polar surface area (TPSA) is 60.7 Å². The second-order valence-electron chi connectivity index (χ2n) is 6.87. The number of para-hydroxylation sites is 2. The van der Waals surface area contributed by atoms with Crippen LogP contribution in [-0.2, 0) is 4.79 Å². The van der Waals surface area contributed by atoms with Gasteiger partial charge in [-0.1, -0.05) is 65.9 Å². The van der Waals surface area contributed by atoms with E-state index in [9.17, 15) is 9.59 Å². The average Bonchev–Trinajstić information content (AvgIpc) is 3.30. The fourth-order valence-electron chi connectivity index (χ4n) is 3.27. The lowest BCUT2D eigenvalue weighted by Crippen LogP contribution is -2.22. The second kappa shape index (κ2) is 8.01. The van der Waals surface area contributed by atoms with Gasteiger partial charge in [0.2, 0.25) is 0 Å². The summed E-state index contributed by atoms with van der Waals surface area (Å²) in [5, 5.41) is 0. The first-order valence-electron chi connectivity index (χ1n) is 9.64. The molecule has 2 aromatic heterocycles. The van der Waals surface area contributed by atoms with Gasteiger partial charge in [-0.15, -0.1) is 0 Å². The number of nitrogens with zero attached hydrogens (tertiary/aromatic N) is 2. The molecule has 0 N–H and O–H groups in total. The Hall–Kier alpha value is -4.03. The molecule has 0 bridgehead atoms. The van der Waals surface area contributed by atoms with Gasteiger partial charge in [0.1, 0.15) is 5.75 Å². The van der Waals surface area contributed by atoms with Gasteiger partial charge in [0.25, 0.3) is 5.56 Å². The van der Waals surface area contributed by atoms with E-state index >= 15 is 0 Å². The molecule has 2 heterocycles. The number of carbonyl (C=O) groups excluding carboxylic acids is 1. The standard InChI is InChI=1S/C25H16N2O3S/c28-23(15-12-17-6-2-1-3-7-17)30-19-13-10-18(11-14-19)16-22-24(29)27-21-9-5-4-8-20(21)26-25(27)31-22/h1-16H/b15-12+,22-16-. The van der Waals surface area contributed by atoms with Gasteiger partial charge in [-0.3, -0.25) is 4.79 Å². The van der Waals surface area contributed by atoms with Crippen LogP contribution < -0.4 is 14.8 Å². The van der Waals surface area contributed by atoms with E-state index < -0.39 is 5.97 Å². The molecule has 0 saturated heterocycles. The number of fused-ring (bicyclic) bond motifs is 3. The zero-order valence-corrected chi connectivity index (χ0v) is 17.1. The van der Waals surface area contributed by atoms with Crippen LogP contribution in [0.5, 0.6) is 5.75 Å². The van der Waals surface area contributed by atoms with Crippen molar-refractivity contribution in [2.75, 3.05) is 0 Å². The predicted octanol–water partition coefficient (Wildman–Crippen LogP) is 4.08. The number of hydrogen-bond acceptors (Lipinski definition) is 5. The van der Waals surface area contributed by atoms with E-state index in [4.69, 9.17) is 4.74 Å². The van der Waals surface area contributed by atoms with Gasteiger partial charge in [-0.2, -0.15) is 0 Å². The highest BCUT2D eigenvalue weighted by Crippen LogP contribution is 2.17. The highest BCUT2D eigenvalue weighted by atomic mass is 32.1. The SMILES string of the molecule is O=C(/C=C/c1ccccc1)Oc1ccc(/C=c2\sc3nc4ccccc4n3c2=O)cc1. The van der Waals surface area contributed by atoms with E-state index in [0.29, 0.717) is 15.2 Å². The minimum absolute atomic E-state index is 0.0877. The normalized spacial score (nSPS) is 12.2. The number of rotatable bonds is 4. The molecule has 0 aliphatic carbocycles. The van der Waals surface area contributed by atoms with E-state index in [2.05, 4.69) is 4.98 Å². The molecule has 0 amide bonds. The molecule has 0 saturated carbocycles. The molecule has 0 aliphatic heterocycles. The Balaban J connectivity index is 1.36. The Kier molecular flexibility index (Phi) is 4.90. The Morgan fingerprint density at radius 2 is 1.65 bits per heavy atom. The van der Waals surface area contributed by atoms with Crippen LogP contribution in [0, 0.1) is 0 Å². The summed E-state index contributed by atoms with van der Waals surface area (Å²) >= 11 is 1.35. The Morgan fingerprint density at radius 3 is 2.45 bits per heavy atom. The van der Waals surface area contributed by atoms with Crippen LogP contribution in [0.4, 0.5) is 0 Å². The van der Waals surface area contributed by atoms with Crippen molar-refractivity contribution in [2.24, 2.45) is 0 Å². The molecule has 31 heavy (non-hydrogen) atoms. The predicted molar refractivity (Wildman–Crippen MR) is 123 cm³/mol. The van der Waals surface area contributed by atoms with E-state index in [1.54, 1.807) is 22.6 Å². The summed E-state index contributed by atoms with van der Waals surface area (Å²) in [4.78, 5) is 30.0. The van der Waals surface area contributed by atoms with Crippen molar-refractivity contribution in [3.8, 4) is 5.75 Å². The lowest BCUT2D eigenvalue weighted by atomic mass is 10.2. The van der Waals surface area contributed by atoms with Crippen LogP contribution >= 0.6 is 11.3 Å². The molecule has 0 spiro atoms. The van der Waals surface area contributed by atoms with Crippen LogP contribution in [0.3, 0.4) is 0 Å². The quantitative estimate of drug-likeness (QED) is 0.248. The summed E-state index contributed by atoms with van der Waals surface area (Å²) < 4.78 is 7.58. The minimum Gasteiger partial charge on any atom is -0.423 e. The lowest BCUT2D eigenvalue weighted by Gasteiger charge is -2.01. The number of aromatic nitrogens is 2. The summed E-state index contributed by atoms with van der Waals surface area (Å²) in [5.41, 5.74) is 3.29. The van der Waals surface area contributed by atoms with Gasteiger partial charge < -0.3 is 4.74 Å². The molecule has 3 aromatic carbocycles. The maximum Gasteiger partial charge on any atom is 0.336 e. The van der Waals surface area contributed by atoms with E-state index in [1.807, 2.05) is 72.8 Å². The molecule has 5 nitrogen and oxygen atoms in total. The third kappa shape index (κ3) is 3.89. The smallest absolute Gasteiger partial charge is 0.336 e. The third-order valence-electron chi connectivity index (χ3n) is 4.75. The molecule has 0 atom stereocenters. The van der Waals surface area contributed by atoms with Crippen LogP contribution in [0.15, 0.2) is 89.7 Å². The summed E-state index contributed by atoms with van der Waals surface area (Å²) in [7, 11) is 0. The van der Waals surface area contributed by atoms with Crippen molar-refractivity contribution in [1.29, 1.82) is 0 Å². The number of carbonyl (C=O) groups is 1. The fraction of sp³-hybridized carbons (Fsp3) is 0. The number of imidazole rings is 1. The van der Waals surface area contributed by atoms with Gasteiger partial charge in [-0.05, 0) is 47.5 Å². The average molecular weight is 424 g/mol. The van der Waals surface area contributed by atoms with Gasteiger partial charge >= 0.3 is 5.97 Å². The van der Waals surface area contributed by atoms with Crippen molar-refractivity contribution < 1.29 is 9.53 Å². The number of hydrogen-bond donors (Lipinski definition) is 0. The largest absolute Gasteiger partial charge is 0.423 e. The first-order valence-corrected chi connectivity index (χ1v) is 10.5. The summed E-state index contributed by atoms with van der Waals surface area (Å²) in [5.74, 6) is -0.0111. The van der Waals surface area contributed by atoms with Crippen molar-refractivity contribution in [2.45, 2.75) is 0 Å². The zero-order chi connectivity index (χ0) is 21.2. The fourth-order valence-corrected chi connectivity index (χ4v) is 4.26. The maximum atomic E-state index is 12.8. The molecular formula is C25H16N2O3S. The highest BCUT2D eigenvalue weighted by Gasteiger charge is 2.10. The van der Waals surface area contributed by atoms with Crippen LogP contribution in [0.1, 0.15) is 11.1 Å². The number of ether oxygens (including phenoxy) is 1. The lowest BCUT2D eigenvalue weighted by molar-refractivity contribution is -0.128. The number of benzene rings is 3. The Bertz CT molecular complexity index is 1530. The van der Waals surface area contributed by atoms with E-state index in [-0.39, 0.29) is 5.56 Å². The molecular weight excluding hydrogens is 408 g/mol. The zero-order valence-electron chi connectivity index (χ0n) is 16.3. The van der Waals surface area contributed by atoms with Crippen LogP contribution in [0.25, 0.3) is 28.1 Å². The van der Waals surface area contributed by atoms with Gasteiger partial charge in [0.15, 0.2) is 4.96 Å². The molecule has 6 heteroatoms. The third-order valence-corrected chi connectivity index (χ3v) is 5.72. The first kappa shape index (κ1) is 19.0.